The molecule has 33 heavy (non-hydrogen) atoms. The average Bonchev–Trinajstić information content (AvgIpc) is 3.30. The predicted molar refractivity (Wildman–Crippen MR) is 112 cm³/mol. The molecule has 0 bridgehead atoms. The molecule has 0 atom stereocenters. The molecule has 11 heteroatoms. The molecule has 0 saturated heterocycles. The van der Waals surface area contributed by atoms with Crippen molar-refractivity contribution in [3.63, 3.8) is 0 Å². The summed E-state index contributed by atoms with van der Waals surface area (Å²) in [6.07, 6.45) is 0.620. The predicted octanol–water partition coefficient (Wildman–Crippen LogP) is 4.21. The van der Waals surface area contributed by atoms with Crippen molar-refractivity contribution in [2.75, 3.05) is 5.73 Å². The Bertz CT molecular complexity index is 1390. The van der Waals surface area contributed by atoms with Crippen molar-refractivity contribution in [2.45, 2.75) is 38.0 Å². The molecule has 0 radical (unpaired) electrons. The van der Waals surface area contributed by atoms with E-state index in [1.54, 1.807) is 4.40 Å². The van der Waals surface area contributed by atoms with Gasteiger partial charge in [0.05, 0.1) is 46.9 Å². The standard InChI is InChI=1S/C22H18F4N6O/c1-21(4-5-21)32(10-13-3-2-12(8-29-13)22(24,25)26)20(33)14-6-17-16(7-15(14)23)30-19(27)18-9-28-11-31(17)18/h2-3,6-9,11H,4-5,10H2,1H3,(H2,27,30). The van der Waals surface area contributed by atoms with Gasteiger partial charge >= 0.3 is 6.18 Å². The Morgan fingerprint density at radius 1 is 1.21 bits per heavy atom. The quantitative estimate of drug-likeness (QED) is 0.463. The Labute approximate surface area is 184 Å². The van der Waals surface area contributed by atoms with Crippen LogP contribution in [0.5, 0.6) is 0 Å². The molecule has 2 N–H and O–H groups in total. The topological polar surface area (TPSA) is 89.4 Å². The van der Waals surface area contributed by atoms with E-state index in [4.69, 9.17) is 5.73 Å². The normalized spacial score (nSPS) is 15.2. The fraction of sp³-hybridized carbons (Fsp3) is 0.273. The molecule has 5 rings (SSSR count). The average molecular weight is 458 g/mol. The Balaban J connectivity index is 1.54. The summed E-state index contributed by atoms with van der Waals surface area (Å²) < 4.78 is 55.2. The number of fused-ring (bicyclic) bond motifs is 3. The van der Waals surface area contributed by atoms with E-state index >= 15 is 4.39 Å². The summed E-state index contributed by atoms with van der Waals surface area (Å²) >= 11 is 0. The maximum Gasteiger partial charge on any atom is 0.417 e. The minimum atomic E-state index is -4.51. The van der Waals surface area contributed by atoms with Crippen LogP contribution < -0.4 is 5.73 Å². The lowest BCUT2D eigenvalue weighted by atomic mass is 10.1. The molecule has 1 aromatic carbocycles. The number of carbonyl (C=O) groups excluding carboxylic acids is 1. The van der Waals surface area contributed by atoms with Crippen molar-refractivity contribution >= 4 is 28.3 Å². The van der Waals surface area contributed by atoms with Crippen LogP contribution in [0.1, 0.15) is 41.4 Å². The Kier molecular flexibility index (Phi) is 4.56. The largest absolute Gasteiger partial charge is 0.417 e. The van der Waals surface area contributed by atoms with Gasteiger partial charge in [-0.15, -0.1) is 0 Å². The van der Waals surface area contributed by atoms with Crippen molar-refractivity contribution < 1.29 is 22.4 Å². The van der Waals surface area contributed by atoms with Crippen molar-refractivity contribution in [2.24, 2.45) is 0 Å². The third-order valence-corrected chi connectivity index (χ3v) is 6.04. The van der Waals surface area contributed by atoms with E-state index in [0.717, 1.165) is 18.3 Å². The van der Waals surface area contributed by atoms with E-state index in [-0.39, 0.29) is 29.1 Å². The Morgan fingerprint density at radius 3 is 2.61 bits per heavy atom. The summed E-state index contributed by atoms with van der Waals surface area (Å²) in [4.78, 5) is 27.0. The lowest BCUT2D eigenvalue weighted by Gasteiger charge is -2.29. The summed E-state index contributed by atoms with van der Waals surface area (Å²) in [6, 6.07) is 4.69. The lowest BCUT2D eigenvalue weighted by Crippen LogP contribution is -2.40. The Hall–Kier alpha value is -3.76. The number of carbonyl (C=O) groups is 1. The van der Waals surface area contributed by atoms with Crippen LogP contribution in [0, 0.1) is 5.82 Å². The lowest BCUT2D eigenvalue weighted by molar-refractivity contribution is -0.137. The first-order valence-corrected chi connectivity index (χ1v) is 10.1. The summed E-state index contributed by atoms with van der Waals surface area (Å²) in [6.45, 7) is 1.80. The zero-order chi connectivity index (χ0) is 23.5. The van der Waals surface area contributed by atoms with Crippen LogP contribution in [-0.4, -0.2) is 35.7 Å². The van der Waals surface area contributed by atoms with E-state index in [2.05, 4.69) is 15.0 Å². The molecule has 3 heterocycles. The Morgan fingerprint density at radius 2 is 1.97 bits per heavy atom. The number of nitrogen functional groups attached to an aromatic ring is 1. The van der Waals surface area contributed by atoms with Gasteiger partial charge in [-0.05, 0) is 38.0 Å². The summed E-state index contributed by atoms with van der Waals surface area (Å²) in [5.74, 6) is -1.17. The highest BCUT2D eigenvalue weighted by Gasteiger charge is 2.46. The number of nitrogens with two attached hydrogens (primary N) is 1. The smallest absolute Gasteiger partial charge is 0.382 e. The number of nitrogens with zero attached hydrogens (tertiary/aromatic N) is 5. The summed E-state index contributed by atoms with van der Waals surface area (Å²) in [5, 5.41) is 0. The second kappa shape index (κ2) is 7.12. The third kappa shape index (κ3) is 3.62. The van der Waals surface area contributed by atoms with Crippen LogP contribution in [0.15, 0.2) is 43.0 Å². The third-order valence-electron chi connectivity index (χ3n) is 6.04. The van der Waals surface area contributed by atoms with Gasteiger partial charge in [0.25, 0.3) is 5.91 Å². The summed E-state index contributed by atoms with van der Waals surface area (Å²) in [5.41, 5.74) is 5.83. The first-order valence-electron chi connectivity index (χ1n) is 10.1. The van der Waals surface area contributed by atoms with Gasteiger partial charge < -0.3 is 10.6 Å². The van der Waals surface area contributed by atoms with Crippen LogP contribution in [0.25, 0.3) is 16.6 Å². The van der Waals surface area contributed by atoms with Gasteiger partial charge in [0.15, 0.2) is 0 Å². The molecule has 4 aromatic rings. The zero-order valence-corrected chi connectivity index (χ0v) is 17.4. The molecule has 1 aliphatic carbocycles. The van der Waals surface area contributed by atoms with Crippen LogP contribution in [0.3, 0.4) is 0 Å². The number of alkyl halides is 3. The van der Waals surface area contributed by atoms with Crippen molar-refractivity contribution in [3.8, 4) is 0 Å². The van der Waals surface area contributed by atoms with Gasteiger partial charge in [-0.3, -0.25) is 14.2 Å². The molecule has 0 unspecified atom stereocenters. The van der Waals surface area contributed by atoms with Crippen LogP contribution >= 0.6 is 0 Å². The van der Waals surface area contributed by atoms with Crippen molar-refractivity contribution in [3.05, 3.63) is 65.6 Å². The van der Waals surface area contributed by atoms with Crippen LogP contribution in [0.2, 0.25) is 0 Å². The fourth-order valence-corrected chi connectivity index (χ4v) is 3.81. The SMILES string of the molecule is CC1(N(Cc2ccc(C(F)(F)F)cn2)C(=O)c2cc3c(cc2F)nc(N)c2cncn23)CC1. The van der Waals surface area contributed by atoms with Gasteiger partial charge in [0, 0.05) is 17.8 Å². The number of imidazole rings is 1. The molecule has 0 spiro atoms. The number of aromatic nitrogens is 4. The van der Waals surface area contributed by atoms with E-state index in [0.29, 0.717) is 23.9 Å². The maximum atomic E-state index is 15.0. The van der Waals surface area contributed by atoms with Gasteiger partial charge in [-0.2, -0.15) is 13.2 Å². The second-order valence-corrected chi connectivity index (χ2v) is 8.39. The van der Waals surface area contributed by atoms with Crippen molar-refractivity contribution in [1.29, 1.82) is 0 Å². The zero-order valence-electron chi connectivity index (χ0n) is 17.4. The summed E-state index contributed by atoms with van der Waals surface area (Å²) in [7, 11) is 0. The number of halogens is 4. The molecule has 3 aromatic heterocycles. The minimum absolute atomic E-state index is 0.0502. The fourth-order valence-electron chi connectivity index (χ4n) is 3.81. The number of benzene rings is 1. The highest BCUT2D eigenvalue weighted by atomic mass is 19.4. The van der Waals surface area contributed by atoms with Gasteiger partial charge in [0.1, 0.15) is 17.2 Å². The van der Waals surface area contributed by atoms with Crippen LogP contribution in [0.4, 0.5) is 23.4 Å². The van der Waals surface area contributed by atoms with Gasteiger partial charge in [0.2, 0.25) is 0 Å². The molecule has 7 nitrogen and oxygen atoms in total. The number of hydrogen-bond acceptors (Lipinski definition) is 5. The molecule has 1 fully saturated rings. The molecule has 1 saturated carbocycles. The molecular weight excluding hydrogens is 440 g/mol. The van der Waals surface area contributed by atoms with E-state index in [1.165, 1.54) is 29.6 Å². The number of anilines is 1. The first-order chi connectivity index (χ1) is 15.6. The first kappa shape index (κ1) is 21.1. The van der Waals surface area contributed by atoms with Crippen LogP contribution in [-0.2, 0) is 12.7 Å². The minimum Gasteiger partial charge on any atom is -0.382 e. The van der Waals surface area contributed by atoms with Crippen molar-refractivity contribution in [1.82, 2.24) is 24.3 Å². The molecule has 170 valence electrons. The molecular formula is C22H18F4N6O. The van der Waals surface area contributed by atoms with Gasteiger partial charge in [-0.1, -0.05) is 0 Å². The number of hydrogen-bond donors (Lipinski definition) is 1. The highest BCUT2D eigenvalue weighted by Crippen LogP contribution is 2.43. The highest BCUT2D eigenvalue weighted by molar-refractivity contribution is 5.99. The molecule has 0 aliphatic heterocycles. The maximum absolute atomic E-state index is 15.0. The monoisotopic (exact) mass is 458 g/mol. The molecule has 1 aliphatic rings. The number of pyridine rings is 1. The number of amides is 1. The van der Waals surface area contributed by atoms with E-state index in [1.807, 2.05) is 6.92 Å². The van der Waals surface area contributed by atoms with Gasteiger partial charge in [-0.25, -0.2) is 14.4 Å². The second-order valence-electron chi connectivity index (χ2n) is 8.39. The van der Waals surface area contributed by atoms with E-state index in [9.17, 15) is 18.0 Å². The van der Waals surface area contributed by atoms with E-state index < -0.39 is 29.0 Å². The number of rotatable bonds is 4. The molecule has 1 amide bonds.